The van der Waals surface area contributed by atoms with Gasteiger partial charge in [0.25, 0.3) is 6.43 Å². The molecule has 3 nitrogen and oxygen atoms in total. The predicted molar refractivity (Wildman–Crippen MR) is 82.1 cm³/mol. The maximum Gasteiger partial charge on any atom is 0.251 e. The standard InChI is InChI=1S/C16H26F2N2O/c1-4-10-21-14-8-6-13(7-9-14)15(19-5-2)11-20(3)12-16(17)18/h6-9,15-16,19H,4-5,10-12H2,1-3H3. The van der Waals surface area contributed by atoms with E-state index in [0.717, 1.165) is 24.3 Å². The van der Waals surface area contributed by atoms with Crippen molar-refractivity contribution in [2.75, 3.05) is 33.3 Å². The van der Waals surface area contributed by atoms with Crippen LogP contribution in [0.1, 0.15) is 31.9 Å². The van der Waals surface area contributed by atoms with E-state index in [1.165, 1.54) is 0 Å². The Morgan fingerprint density at radius 1 is 1.14 bits per heavy atom. The number of hydrogen-bond donors (Lipinski definition) is 1. The molecule has 0 fully saturated rings. The second-order valence-corrected chi connectivity index (χ2v) is 5.14. The minimum absolute atomic E-state index is 0.0407. The van der Waals surface area contributed by atoms with Crippen molar-refractivity contribution in [3.8, 4) is 5.75 Å². The van der Waals surface area contributed by atoms with Crippen LogP contribution < -0.4 is 10.1 Å². The Kier molecular flexibility index (Phi) is 8.23. The van der Waals surface area contributed by atoms with E-state index in [1.807, 2.05) is 31.2 Å². The maximum absolute atomic E-state index is 12.4. The van der Waals surface area contributed by atoms with Crippen molar-refractivity contribution in [2.45, 2.75) is 32.7 Å². The summed E-state index contributed by atoms with van der Waals surface area (Å²) in [4.78, 5) is 1.65. The summed E-state index contributed by atoms with van der Waals surface area (Å²) in [5.41, 5.74) is 1.09. The number of nitrogens with zero attached hydrogens (tertiary/aromatic N) is 1. The number of hydrogen-bond acceptors (Lipinski definition) is 3. The van der Waals surface area contributed by atoms with Crippen molar-refractivity contribution in [3.05, 3.63) is 29.8 Å². The largest absolute Gasteiger partial charge is 0.494 e. The Labute approximate surface area is 126 Å². The molecule has 0 saturated carbocycles. The quantitative estimate of drug-likeness (QED) is 0.717. The van der Waals surface area contributed by atoms with Gasteiger partial charge in [-0.2, -0.15) is 0 Å². The van der Waals surface area contributed by atoms with Crippen LogP contribution in [0.15, 0.2) is 24.3 Å². The van der Waals surface area contributed by atoms with Crippen molar-refractivity contribution >= 4 is 0 Å². The van der Waals surface area contributed by atoms with E-state index in [0.29, 0.717) is 13.2 Å². The molecule has 1 atom stereocenters. The van der Waals surface area contributed by atoms with Crippen molar-refractivity contribution in [1.82, 2.24) is 10.2 Å². The molecule has 0 aliphatic carbocycles. The van der Waals surface area contributed by atoms with Gasteiger partial charge in [0, 0.05) is 12.6 Å². The zero-order valence-corrected chi connectivity index (χ0v) is 13.1. The fourth-order valence-corrected chi connectivity index (χ4v) is 2.17. The number of likely N-dealkylation sites (N-methyl/N-ethyl adjacent to an activating group) is 2. The van der Waals surface area contributed by atoms with Crippen molar-refractivity contribution in [2.24, 2.45) is 0 Å². The van der Waals surface area contributed by atoms with E-state index in [4.69, 9.17) is 4.74 Å². The average Bonchev–Trinajstić information content (AvgIpc) is 2.44. The van der Waals surface area contributed by atoms with Gasteiger partial charge in [0.15, 0.2) is 0 Å². The minimum atomic E-state index is -2.30. The van der Waals surface area contributed by atoms with E-state index < -0.39 is 6.43 Å². The second kappa shape index (κ2) is 9.68. The summed E-state index contributed by atoms with van der Waals surface area (Å²) in [6, 6.07) is 7.90. The smallest absolute Gasteiger partial charge is 0.251 e. The van der Waals surface area contributed by atoms with Crippen LogP contribution >= 0.6 is 0 Å². The van der Waals surface area contributed by atoms with Crippen LogP contribution in [0.4, 0.5) is 8.78 Å². The van der Waals surface area contributed by atoms with Gasteiger partial charge < -0.3 is 10.1 Å². The molecule has 0 aliphatic heterocycles. The number of ether oxygens (including phenoxy) is 1. The average molecular weight is 300 g/mol. The lowest BCUT2D eigenvalue weighted by molar-refractivity contribution is 0.0959. The van der Waals surface area contributed by atoms with Gasteiger partial charge in [0.2, 0.25) is 0 Å². The maximum atomic E-state index is 12.4. The van der Waals surface area contributed by atoms with E-state index in [-0.39, 0.29) is 12.6 Å². The summed E-state index contributed by atoms with van der Waals surface area (Å²) in [6.45, 7) is 5.91. The topological polar surface area (TPSA) is 24.5 Å². The number of nitrogens with one attached hydrogen (secondary N) is 1. The lowest BCUT2D eigenvalue weighted by Gasteiger charge is -2.25. The third-order valence-electron chi connectivity index (χ3n) is 3.15. The summed E-state index contributed by atoms with van der Waals surface area (Å²) in [5.74, 6) is 0.844. The van der Waals surface area contributed by atoms with E-state index >= 15 is 0 Å². The summed E-state index contributed by atoms with van der Waals surface area (Å²) >= 11 is 0. The number of rotatable bonds is 10. The highest BCUT2D eigenvalue weighted by atomic mass is 19.3. The minimum Gasteiger partial charge on any atom is -0.494 e. The fourth-order valence-electron chi connectivity index (χ4n) is 2.17. The van der Waals surface area contributed by atoms with Gasteiger partial charge >= 0.3 is 0 Å². The molecule has 0 spiro atoms. The SMILES string of the molecule is CCCOc1ccc(C(CN(C)CC(F)F)NCC)cc1. The van der Waals surface area contributed by atoms with E-state index in [1.54, 1.807) is 11.9 Å². The van der Waals surface area contributed by atoms with Gasteiger partial charge in [-0.1, -0.05) is 26.0 Å². The number of alkyl halides is 2. The Hall–Kier alpha value is -1.20. The number of halogens is 2. The highest BCUT2D eigenvalue weighted by Gasteiger charge is 2.15. The van der Waals surface area contributed by atoms with Gasteiger partial charge in [0.05, 0.1) is 13.2 Å². The zero-order chi connectivity index (χ0) is 15.7. The summed E-state index contributed by atoms with van der Waals surface area (Å²) < 4.78 is 30.4. The van der Waals surface area contributed by atoms with Crippen molar-refractivity contribution < 1.29 is 13.5 Å². The first-order valence-corrected chi connectivity index (χ1v) is 7.49. The van der Waals surface area contributed by atoms with Crippen LogP contribution in [-0.4, -0.2) is 44.6 Å². The predicted octanol–water partition coefficient (Wildman–Crippen LogP) is 3.32. The molecule has 0 aromatic heterocycles. The molecule has 1 aromatic carbocycles. The van der Waals surface area contributed by atoms with Crippen LogP contribution in [0.25, 0.3) is 0 Å². The Bertz CT molecular complexity index is 384. The molecular formula is C16H26F2N2O. The molecule has 5 heteroatoms. The zero-order valence-electron chi connectivity index (χ0n) is 13.1. The van der Waals surface area contributed by atoms with E-state index in [9.17, 15) is 8.78 Å². The molecule has 0 radical (unpaired) electrons. The highest BCUT2D eigenvalue weighted by molar-refractivity contribution is 5.29. The Morgan fingerprint density at radius 3 is 2.33 bits per heavy atom. The molecule has 1 unspecified atom stereocenters. The van der Waals surface area contributed by atoms with E-state index in [2.05, 4.69) is 12.2 Å². The van der Waals surface area contributed by atoms with Crippen LogP contribution in [0.5, 0.6) is 5.75 Å². The van der Waals surface area contributed by atoms with Crippen LogP contribution in [0, 0.1) is 0 Å². The molecule has 0 aliphatic rings. The highest BCUT2D eigenvalue weighted by Crippen LogP contribution is 2.19. The fraction of sp³-hybridized carbons (Fsp3) is 0.625. The monoisotopic (exact) mass is 300 g/mol. The molecular weight excluding hydrogens is 274 g/mol. The van der Waals surface area contributed by atoms with Gasteiger partial charge in [-0.3, -0.25) is 4.90 Å². The lowest BCUT2D eigenvalue weighted by atomic mass is 10.1. The summed E-state index contributed by atoms with van der Waals surface area (Å²) in [7, 11) is 1.72. The van der Waals surface area contributed by atoms with Crippen LogP contribution in [0.2, 0.25) is 0 Å². The van der Waals surface area contributed by atoms with Gasteiger partial charge in [-0.05, 0) is 37.7 Å². The normalized spacial score (nSPS) is 12.9. The Balaban J connectivity index is 2.66. The molecule has 1 rings (SSSR count). The molecule has 0 heterocycles. The molecule has 0 saturated heterocycles. The molecule has 120 valence electrons. The lowest BCUT2D eigenvalue weighted by Crippen LogP contribution is -2.35. The van der Waals surface area contributed by atoms with Crippen LogP contribution in [0.3, 0.4) is 0 Å². The first kappa shape index (κ1) is 17.9. The van der Waals surface area contributed by atoms with Crippen LogP contribution in [-0.2, 0) is 0 Å². The summed E-state index contributed by atoms with van der Waals surface area (Å²) in [6.07, 6.45) is -1.33. The molecule has 1 aromatic rings. The first-order chi connectivity index (χ1) is 10.1. The van der Waals surface area contributed by atoms with Gasteiger partial charge in [-0.25, -0.2) is 8.78 Å². The summed E-state index contributed by atoms with van der Waals surface area (Å²) in [5, 5.41) is 3.34. The second-order valence-electron chi connectivity index (χ2n) is 5.14. The molecule has 0 bridgehead atoms. The third-order valence-corrected chi connectivity index (χ3v) is 3.15. The first-order valence-electron chi connectivity index (χ1n) is 7.49. The van der Waals surface area contributed by atoms with Crippen molar-refractivity contribution in [3.63, 3.8) is 0 Å². The molecule has 21 heavy (non-hydrogen) atoms. The molecule has 1 N–H and O–H groups in total. The third kappa shape index (κ3) is 6.87. The molecule has 0 amide bonds. The Morgan fingerprint density at radius 2 is 1.81 bits per heavy atom. The van der Waals surface area contributed by atoms with Gasteiger partial charge in [0.1, 0.15) is 5.75 Å². The van der Waals surface area contributed by atoms with Crippen molar-refractivity contribution in [1.29, 1.82) is 0 Å². The van der Waals surface area contributed by atoms with Gasteiger partial charge in [-0.15, -0.1) is 0 Å². The number of benzene rings is 1.